The van der Waals surface area contributed by atoms with Crippen LogP contribution < -0.4 is 0 Å². The van der Waals surface area contributed by atoms with Gasteiger partial charge in [0.2, 0.25) is 0 Å². The zero-order valence-corrected chi connectivity index (χ0v) is 66.4. The number of unbranched alkanes of at least 4 members (excludes halogenated alkanes) is 52. The molecule has 19 heteroatoms. The number of carbonyl (C=O) groups is 4. The molecule has 0 aromatic carbocycles. The molecule has 99 heavy (non-hydrogen) atoms. The van der Waals surface area contributed by atoms with Gasteiger partial charge in [-0.15, -0.1) is 0 Å². The molecule has 17 nitrogen and oxygen atoms in total. The Morgan fingerprint density at radius 3 is 0.687 bits per heavy atom. The summed E-state index contributed by atoms with van der Waals surface area (Å²) >= 11 is 0. The van der Waals surface area contributed by atoms with Crippen molar-refractivity contribution in [3.63, 3.8) is 0 Å². The van der Waals surface area contributed by atoms with Crippen molar-refractivity contribution >= 4 is 39.5 Å². The Labute approximate surface area is 607 Å². The first-order chi connectivity index (χ1) is 48.0. The molecule has 0 aliphatic rings. The van der Waals surface area contributed by atoms with Crippen LogP contribution in [0.25, 0.3) is 0 Å². The number of phosphoric acid groups is 2. The number of aliphatic hydroxyl groups is 1. The molecule has 2 unspecified atom stereocenters. The van der Waals surface area contributed by atoms with Crippen LogP contribution in [0.15, 0.2) is 0 Å². The Kier molecular flexibility index (Phi) is 71.6. The summed E-state index contributed by atoms with van der Waals surface area (Å²) in [7, 11) is -9.92. The van der Waals surface area contributed by atoms with Gasteiger partial charge in [-0.25, -0.2) is 9.13 Å². The van der Waals surface area contributed by atoms with E-state index < -0.39 is 97.5 Å². The van der Waals surface area contributed by atoms with Crippen molar-refractivity contribution in [2.45, 2.75) is 445 Å². The molecule has 0 aliphatic carbocycles. The molecular weight excluding hydrogens is 1290 g/mol. The maximum atomic E-state index is 13.1. The summed E-state index contributed by atoms with van der Waals surface area (Å²) in [6, 6.07) is 0. The Morgan fingerprint density at radius 2 is 0.465 bits per heavy atom. The smallest absolute Gasteiger partial charge is 0.462 e. The highest BCUT2D eigenvalue weighted by atomic mass is 31.2. The summed E-state index contributed by atoms with van der Waals surface area (Å²) in [6.45, 7) is 7.30. The molecule has 0 radical (unpaired) electrons. The van der Waals surface area contributed by atoms with Gasteiger partial charge in [-0.05, 0) is 31.6 Å². The highest BCUT2D eigenvalue weighted by Gasteiger charge is 2.30. The van der Waals surface area contributed by atoms with Crippen LogP contribution in [0.3, 0.4) is 0 Å². The second kappa shape index (κ2) is 73.0. The Hall–Kier alpha value is -1.94. The Balaban J connectivity index is 5.25. The summed E-state index contributed by atoms with van der Waals surface area (Å²) in [6.07, 6.45) is 63.8. The van der Waals surface area contributed by atoms with Crippen LogP contribution in [0.1, 0.15) is 426 Å². The van der Waals surface area contributed by atoms with Crippen molar-refractivity contribution in [2.75, 3.05) is 39.6 Å². The Morgan fingerprint density at radius 1 is 0.273 bits per heavy atom. The van der Waals surface area contributed by atoms with Crippen molar-refractivity contribution < 1.29 is 80.2 Å². The van der Waals surface area contributed by atoms with Gasteiger partial charge in [0, 0.05) is 25.7 Å². The zero-order chi connectivity index (χ0) is 72.7. The molecule has 0 bridgehead atoms. The van der Waals surface area contributed by atoms with Crippen molar-refractivity contribution in [1.82, 2.24) is 0 Å². The van der Waals surface area contributed by atoms with E-state index in [1.54, 1.807) is 0 Å². The fourth-order valence-electron chi connectivity index (χ4n) is 12.4. The standard InChI is InChI=1S/C80H156O17P2/c1-6-9-12-15-18-21-24-27-30-32-33-35-38-41-44-51-56-61-66-80(85)96-75(69-90-77(82)63-58-53-48-42-39-37-34-31-28-25-22-19-16-13-10-7-2)71-94-98(86,87)92-67-74(81)68-93-99(88,89)95-72-76(70-91-78(83)64-59-54-49-46-45-47-52-57-62-73(4)5)97-79(84)65-60-55-50-43-40-36-29-26-23-20-17-14-11-8-3/h73-76,81H,6-72H2,1-5H3,(H,86,87)(H,88,89)/t74-,75-,76-/m1/s1. The van der Waals surface area contributed by atoms with Gasteiger partial charge in [-0.1, -0.05) is 375 Å². The molecule has 588 valence electrons. The third-order valence-corrected chi connectivity index (χ3v) is 20.7. The average molecular weight is 1450 g/mol. The number of hydrogen-bond donors (Lipinski definition) is 3. The monoisotopic (exact) mass is 1450 g/mol. The van der Waals surface area contributed by atoms with Crippen LogP contribution in [0.5, 0.6) is 0 Å². The van der Waals surface area contributed by atoms with E-state index >= 15 is 0 Å². The van der Waals surface area contributed by atoms with Crippen molar-refractivity contribution in [2.24, 2.45) is 5.92 Å². The third-order valence-electron chi connectivity index (χ3n) is 18.8. The van der Waals surface area contributed by atoms with Crippen molar-refractivity contribution in [3.05, 3.63) is 0 Å². The molecule has 0 aromatic heterocycles. The van der Waals surface area contributed by atoms with Crippen LogP contribution in [0.4, 0.5) is 0 Å². The minimum Gasteiger partial charge on any atom is -0.462 e. The van der Waals surface area contributed by atoms with Gasteiger partial charge in [0.05, 0.1) is 26.4 Å². The third kappa shape index (κ3) is 74.1. The number of carbonyl (C=O) groups excluding carboxylic acids is 4. The van der Waals surface area contributed by atoms with Gasteiger partial charge in [0.1, 0.15) is 19.3 Å². The highest BCUT2D eigenvalue weighted by Crippen LogP contribution is 2.45. The van der Waals surface area contributed by atoms with E-state index in [2.05, 4.69) is 34.6 Å². The van der Waals surface area contributed by atoms with Crippen molar-refractivity contribution in [3.8, 4) is 0 Å². The molecule has 0 aliphatic heterocycles. The number of aliphatic hydroxyl groups excluding tert-OH is 1. The van der Waals surface area contributed by atoms with E-state index in [-0.39, 0.29) is 25.7 Å². The first kappa shape index (κ1) is 97.1. The molecule has 0 spiro atoms. The molecular formula is C80H156O17P2. The van der Waals surface area contributed by atoms with Crippen LogP contribution in [-0.4, -0.2) is 96.7 Å². The fourth-order valence-corrected chi connectivity index (χ4v) is 14.0. The molecule has 0 amide bonds. The molecule has 3 N–H and O–H groups in total. The minimum absolute atomic E-state index is 0.108. The van der Waals surface area contributed by atoms with Gasteiger partial charge >= 0.3 is 39.5 Å². The maximum Gasteiger partial charge on any atom is 0.472 e. The zero-order valence-electron chi connectivity index (χ0n) is 64.6. The molecule has 0 saturated heterocycles. The molecule has 0 aromatic rings. The number of ether oxygens (including phenoxy) is 4. The predicted molar refractivity (Wildman–Crippen MR) is 405 cm³/mol. The van der Waals surface area contributed by atoms with Crippen LogP contribution in [0.2, 0.25) is 0 Å². The number of rotatable bonds is 80. The summed E-state index contributed by atoms with van der Waals surface area (Å²) in [5.41, 5.74) is 0. The normalized spacial score (nSPS) is 13.9. The summed E-state index contributed by atoms with van der Waals surface area (Å²) < 4.78 is 68.7. The number of esters is 4. The summed E-state index contributed by atoms with van der Waals surface area (Å²) in [5.74, 6) is -1.38. The van der Waals surface area contributed by atoms with Gasteiger partial charge in [-0.2, -0.15) is 0 Å². The van der Waals surface area contributed by atoms with E-state index in [1.807, 2.05) is 0 Å². The van der Waals surface area contributed by atoms with E-state index in [0.29, 0.717) is 25.7 Å². The lowest BCUT2D eigenvalue weighted by molar-refractivity contribution is -0.161. The largest absolute Gasteiger partial charge is 0.472 e. The molecule has 0 fully saturated rings. The number of phosphoric ester groups is 2. The lowest BCUT2D eigenvalue weighted by Gasteiger charge is -2.21. The summed E-state index contributed by atoms with van der Waals surface area (Å²) in [5, 5.41) is 10.6. The SMILES string of the molecule is CCCCCCCCCCCCCCCCCCCCC(=O)O[C@H](COC(=O)CCCCCCCCCCCCCCCCCC)COP(=O)(O)OC[C@@H](O)COP(=O)(O)OC[C@@H](COC(=O)CCCCCCCCCCC(C)C)OC(=O)CCCCCCCCCCCCCCCC. The van der Waals surface area contributed by atoms with Crippen molar-refractivity contribution in [1.29, 1.82) is 0 Å². The van der Waals surface area contributed by atoms with Crippen LogP contribution in [-0.2, 0) is 65.4 Å². The van der Waals surface area contributed by atoms with E-state index in [4.69, 9.17) is 37.0 Å². The maximum absolute atomic E-state index is 13.1. The molecule has 0 heterocycles. The van der Waals surface area contributed by atoms with Crippen LogP contribution in [0, 0.1) is 5.92 Å². The quantitative estimate of drug-likeness (QED) is 0.0222. The average Bonchev–Trinajstić information content (AvgIpc) is 1.09. The molecule has 0 rings (SSSR count). The fraction of sp³-hybridized carbons (Fsp3) is 0.950. The van der Waals surface area contributed by atoms with E-state index in [1.165, 1.54) is 250 Å². The highest BCUT2D eigenvalue weighted by molar-refractivity contribution is 7.47. The van der Waals surface area contributed by atoms with Gasteiger partial charge < -0.3 is 33.8 Å². The first-order valence-corrected chi connectivity index (χ1v) is 44.6. The minimum atomic E-state index is -4.96. The molecule has 0 saturated carbocycles. The van der Waals surface area contributed by atoms with Gasteiger partial charge in [0.15, 0.2) is 12.2 Å². The predicted octanol–water partition coefficient (Wildman–Crippen LogP) is 24.0. The van der Waals surface area contributed by atoms with Crippen LogP contribution >= 0.6 is 15.6 Å². The Bertz CT molecular complexity index is 1890. The first-order valence-electron chi connectivity index (χ1n) is 41.6. The second-order valence-corrected chi connectivity index (χ2v) is 32.2. The lowest BCUT2D eigenvalue weighted by atomic mass is 10.0. The number of hydrogen-bond acceptors (Lipinski definition) is 15. The second-order valence-electron chi connectivity index (χ2n) is 29.3. The van der Waals surface area contributed by atoms with E-state index in [9.17, 15) is 43.2 Å². The summed E-state index contributed by atoms with van der Waals surface area (Å²) in [4.78, 5) is 73.0. The van der Waals surface area contributed by atoms with Gasteiger partial charge in [-0.3, -0.25) is 37.3 Å². The molecule has 5 atom stereocenters. The van der Waals surface area contributed by atoms with Gasteiger partial charge in [0.25, 0.3) is 0 Å². The lowest BCUT2D eigenvalue weighted by Crippen LogP contribution is -2.30. The topological polar surface area (TPSA) is 237 Å². The van der Waals surface area contributed by atoms with E-state index in [0.717, 1.165) is 95.8 Å².